The van der Waals surface area contributed by atoms with Crippen LogP contribution in [-0.4, -0.2) is 17.2 Å². The molecular weight excluding hydrogens is 186 g/mol. The SMILES string of the molecule is O=COSCCCc1cccnc1. The predicted molar refractivity (Wildman–Crippen MR) is 52.2 cm³/mol. The van der Waals surface area contributed by atoms with E-state index in [2.05, 4.69) is 9.17 Å². The summed E-state index contributed by atoms with van der Waals surface area (Å²) in [5.74, 6) is 0.827. The molecule has 0 aliphatic rings. The summed E-state index contributed by atoms with van der Waals surface area (Å²) in [5, 5.41) is 0. The second-order valence-electron chi connectivity index (χ2n) is 2.48. The fourth-order valence-electron chi connectivity index (χ4n) is 0.957. The first-order valence-electron chi connectivity index (χ1n) is 4.04. The lowest BCUT2D eigenvalue weighted by molar-refractivity contribution is -0.119. The van der Waals surface area contributed by atoms with Crippen LogP contribution in [0, 0.1) is 0 Å². The van der Waals surface area contributed by atoms with Crippen molar-refractivity contribution in [1.29, 1.82) is 0 Å². The lowest BCUT2D eigenvalue weighted by Crippen LogP contribution is -1.89. The van der Waals surface area contributed by atoms with E-state index in [1.165, 1.54) is 17.6 Å². The third-order valence-corrected chi connectivity index (χ3v) is 2.19. The Bertz CT molecular complexity index is 241. The van der Waals surface area contributed by atoms with Gasteiger partial charge < -0.3 is 4.18 Å². The van der Waals surface area contributed by atoms with Crippen LogP contribution in [0.25, 0.3) is 0 Å². The molecule has 4 heteroatoms. The molecular formula is C9H11NO2S. The zero-order valence-electron chi connectivity index (χ0n) is 7.18. The van der Waals surface area contributed by atoms with Crippen LogP contribution in [0.15, 0.2) is 24.5 Å². The van der Waals surface area contributed by atoms with Crippen molar-refractivity contribution in [2.24, 2.45) is 0 Å². The van der Waals surface area contributed by atoms with Crippen molar-refractivity contribution in [1.82, 2.24) is 4.98 Å². The molecule has 0 atom stereocenters. The van der Waals surface area contributed by atoms with E-state index in [1.807, 2.05) is 18.3 Å². The molecule has 1 aromatic rings. The minimum atomic E-state index is 0.453. The van der Waals surface area contributed by atoms with E-state index in [0.717, 1.165) is 18.6 Å². The third kappa shape index (κ3) is 4.52. The van der Waals surface area contributed by atoms with Crippen LogP contribution in [-0.2, 0) is 15.4 Å². The standard InChI is InChI=1S/C9H11NO2S/c11-8-12-13-6-2-4-9-3-1-5-10-7-9/h1,3,5,7-8H,2,4,6H2. The molecule has 0 aliphatic heterocycles. The van der Waals surface area contributed by atoms with Gasteiger partial charge in [0.15, 0.2) is 0 Å². The Balaban J connectivity index is 2.10. The van der Waals surface area contributed by atoms with Crippen molar-refractivity contribution >= 4 is 18.5 Å². The minimum absolute atomic E-state index is 0.453. The molecule has 1 rings (SSSR count). The summed E-state index contributed by atoms with van der Waals surface area (Å²) >= 11 is 1.18. The van der Waals surface area contributed by atoms with Gasteiger partial charge in [0.2, 0.25) is 0 Å². The summed E-state index contributed by atoms with van der Waals surface area (Å²) in [7, 11) is 0. The Morgan fingerprint density at radius 1 is 1.62 bits per heavy atom. The highest BCUT2D eigenvalue weighted by Crippen LogP contribution is 2.06. The topological polar surface area (TPSA) is 39.2 Å². The molecule has 0 aromatic carbocycles. The van der Waals surface area contributed by atoms with Gasteiger partial charge in [-0.25, -0.2) is 0 Å². The van der Waals surface area contributed by atoms with Crippen LogP contribution >= 0.6 is 12.0 Å². The lowest BCUT2D eigenvalue weighted by atomic mass is 10.2. The maximum Gasteiger partial charge on any atom is 0.305 e. The number of pyridine rings is 1. The zero-order valence-corrected chi connectivity index (χ0v) is 8.00. The Hall–Kier alpha value is -1.03. The van der Waals surface area contributed by atoms with Crippen molar-refractivity contribution in [3.05, 3.63) is 30.1 Å². The highest BCUT2D eigenvalue weighted by Gasteiger charge is 1.93. The van der Waals surface area contributed by atoms with Crippen molar-refractivity contribution in [3.63, 3.8) is 0 Å². The van der Waals surface area contributed by atoms with E-state index >= 15 is 0 Å². The number of aryl methyl sites for hydroxylation is 1. The van der Waals surface area contributed by atoms with Gasteiger partial charge in [0.1, 0.15) is 0 Å². The average Bonchev–Trinajstić information content (AvgIpc) is 2.19. The van der Waals surface area contributed by atoms with Crippen LogP contribution in [0.2, 0.25) is 0 Å². The van der Waals surface area contributed by atoms with Crippen LogP contribution in [0.3, 0.4) is 0 Å². The van der Waals surface area contributed by atoms with E-state index in [-0.39, 0.29) is 0 Å². The Morgan fingerprint density at radius 3 is 3.23 bits per heavy atom. The number of carbonyl (C=O) groups is 1. The monoisotopic (exact) mass is 197 g/mol. The quantitative estimate of drug-likeness (QED) is 0.396. The molecule has 0 spiro atoms. The fraction of sp³-hybridized carbons (Fsp3) is 0.333. The summed E-state index contributed by atoms with van der Waals surface area (Å²) in [6.45, 7) is 0.453. The van der Waals surface area contributed by atoms with Gasteiger partial charge >= 0.3 is 6.47 Å². The van der Waals surface area contributed by atoms with Gasteiger partial charge in [-0.15, -0.1) is 0 Å². The molecule has 0 aliphatic carbocycles. The first kappa shape index (κ1) is 10.1. The number of rotatable bonds is 6. The van der Waals surface area contributed by atoms with Gasteiger partial charge in [-0.3, -0.25) is 9.78 Å². The van der Waals surface area contributed by atoms with Crippen molar-refractivity contribution in [2.45, 2.75) is 12.8 Å². The second kappa shape index (κ2) is 6.48. The summed E-state index contributed by atoms with van der Waals surface area (Å²) in [6.07, 6.45) is 5.58. The molecule has 0 unspecified atom stereocenters. The van der Waals surface area contributed by atoms with E-state index in [4.69, 9.17) is 0 Å². The van der Waals surface area contributed by atoms with E-state index in [1.54, 1.807) is 6.20 Å². The van der Waals surface area contributed by atoms with Crippen molar-refractivity contribution in [2.75, 3.05) is 5.75 Å². The van der Waals surface area contributed by atoms with Crippen LogP contribution in [0.1, 0.15) is 12.0 Å². The molecule has 3 nitrogen and oxygen atoms in total. The van der Waals surface area contributed by atoms with Crippen LogP contribution in [0.5, 0.6) is 0 Å². The minimum Gasteiger partial charge on any atom is -0.394 e. The lowest BCUT2D eigenvalue weighted by Gasteiger charge is -1.98. The molecule has 0 fully saturated rings. The largest absolute Gasteiger partial charge is 0.394 e. The molecule has 0 saturated carbocycles. The summed E-state index contributed by atoms with van der Waals surface area (Å²) in [5.41, 5.74) is 1.22. The third-order valence-electron chi connectivity index (χ3n) is 1.52. The van der Waals surface area contributed by atoms with Gasteiger partial charge in [-0.1, -0.05) is 6.07 Å². The van der Waals surface area contributed by atoms with E-state index < -0.39 is 0 Å². The normalized spacial score (nSPS) is 9.54. The molecule has 70 valence electrons. The maximum absolute atomic E-state index is 9.78. The Labute approximate surface area is 81.7 Å². The number of nitrogens with zero attached hydrogens (tertiary/aromatic N) is 1. The van der Waals surface area contributed by atoms with E-state index in [0.29, 0.717) is 6.47 Å². The Morgan fingerprint density at radius 2 is 2.54 bits per heavy atom. The summed E-state index contributed by atoms with van der Waals surface area (Å²) in [6, 6.07) is 3.96. The first-order chi connectivity index (χ1) is 6.43. The van der Waals surface area contributed by atoms with Gasteiger partial charge in [0.05, 0.1) is 12.0 Å². The molecule has 0 saturated heterocycles. The van der Waals surface area contributed by atoms with Crippen LogP contribution in [0.4, 0.5) is 0 Å². The van der Waals surface area contributed by atoms with Gasteiger partial charge in [-0.05, 0) is 24.5 Å². The molecule has 0 amide bonds. The average molecular weight is 197 g/mol. The number of aromatic nitrogens is 1. The summed E-state index contributed by atoms with van der Waals surface area (Å²) in [4.78, 5) is 13.8. The number of hydrogen-bond donors (Lipinski definition) is 0. The fourth-order valence-corrected chi connectivity index (χ4v) is 1.37. The van der Waals surface area contributed by atoms with Gasteiger partial charge in [0, 0.05) is 18.1 Å². The van der Waals surface area contributed by atoms with Gasteiger partial charge in [-0.2, -0.15) is 0 Å². The highest BCUT2D eigenvalue weighted by atomic mass is 32.2. The predicted octanol–water partition coefficient (Wildman–Crippen LogP) is 1.84. The zero-order chi connectivity index (χ0) is 9.36. The maximum atomic E-state index is 9.78. The number of hydrogen-bond acceptors (Lipinski definition) is 4. The van der Waals surface area contributed by atoms with E-state index in [9.17, 15) is 4.79 Å². The molecule has 0 radical (unpaired) electrons. The smallest absolute Gasteiger partial charge is 0.305 e. The molecule has 0 N–H and O–H groups in total. The van der Waals surface area contributed by atoms with Crippen molar-refractivity contribution in [3.8, 4) is 0 Å². The molecule has 13 heavy (non-hydrogen) atoms. The first-order valence-corrected chi connectivity index (χ1v) is 4.95. The Kier molecular flexibility index (Phi) is 5.01. The van der Waals surface area contributed by atoms with Gasteiger partial charge in [0.25, 0.3) is 0 Å². The highest BCUT2D eigenvalue weighted by molar-refractivity contribution is 7.94. The second-order valence-corrected chi connectivity index (χ2v) is 3.32. The number of carbonyl (C=O) groups excluding carboxylic acids is 1. The molecule has 0 bridgehead atoms. The van der Waals surface area contributed by atoms with Crippen molar-refractivity contribution < 1.29 is 8.98 Å². The molecule has 1 heterocycles. The summed E-state index contributed by atoms with van der Waals surface area (Å²) < 4.78 is 4.49. The van der Waals surface area contributed by atoms with Crippen LogP contribution < -0.4 is 0 Å². The molecule has 1 aromatic heterocycles.